The summed E-state index contributed by atoms with van der Waals surface area (Å²) in [6, 6.07) is 4.03. The van der Waals surface area contributed by atoms with E-state index in [1.165, 1.54) is 11.8 Å². The summed E-state index contributed by atoms with van der Waals surface area (Å²) in [4.78, 5) is 55.1. The van der Waals surface area contributed by atoms with Gasteiger partial charge in [-0.05, 0) is 49.8 Å². The van der Waals surface area contributed by atoms with Gasteiger partial charge in [0.1, 0.15) is 18.1 Å². The molecule has 1 aliphatic heterocycles. The molecule has 2 aromatic rings. The summed E-state index contributed by atoms with van der Waals surface area (Å²) in [5, 5.41) is 15.3. The van der Waals surface area contributed by atoms with Gasteiger partial charge in [0.25, 0.3) is 0 Å². The normalized spacial score (nSPS) is 18.1. The van der Waals surface area contributed by atoms with Crippen molar-refractivity contribution >= 4 is 46.4 Å². The molecule has 190 valence electrons. The molecule has 0 spiro atoms. The number of likely N-dealkylation sites (tertiary alicyclic amines) is 1. The largest absolute Gasteiger partial charge is 0.480 e. The molecule has 11 heteroatoms. The van der Waals surface area contributed by atoms with Crippen LogP contribution in [0.5, 0.6) is 0 Å². The molecule has 1 saturated heterocycles. The van der Waals surface area contributed by atoms with Gasteiger partial charge in [-0.25, -0.2) is 0 Å². The molecular weight excluding hydrogens is 470 g/mol. The maximum atomic E-state index is 13.3. The first kappa shape index (κ1) is 26.6. The Bertz CT molecular complexity index is 1070. The number of nitrogens with zero attached hydrogens (tertiary/aromatic N) is 1. The van der Waals surface area contributed by atoms with Crippen LogP contribution in [0.4, 0.5) is 0 Å². The van der Waals surface area contributed by atoms with E-state index in [0.717, 1.165) is 22.2 Å². The fourth-order valence-corrected chi connectivity index (χ4v) is 4.75. The predicted octanol–water partition coefficient (Wildman–Crippen LogP) is 0.856. The number of carboxylic acids is 1. The molecule has 3 rings (SSSR count). The number of hydrogen-bond donors (Lipinski definition) is 5. The van der Waals surface area contributed by atoms with Gasteiger partial charge in [-0.15, -0.1) is 0 Å². The molecule has 1 aliphatic rings. The minimum absolute atomic E-state index is 0.155. The fourth-order valence-electron chi connectivity index (χ4n) is 4.26. The van der Waals surface area contributed by atoms with Crippen molar-refractivity contribution in [3.05, 3.63) is 36.0 Å². The Labute approximate surface area is 208 Å². The van der Waals surface area contributed by atoms with Crippen LogP contribution in [0.15, 0.2) is 30.5 Å². The van der Waals surface area contributed by atoms with E-state index in [0.29, 0.717) is 25.8 Å². The maximum absolute atomic E-state index is 13.3. The number of amides is 3. The zero-order chi connectivity index (χ0) is 25.5. The highest BCUT2D eigenvalue weighted by atomic mass is 32.2. The molecule has 4 unspecified atom stereocenters. The molecule has 0 saturated carbocycles. The number of hydrogen-bond acceptors (Lipinski definition) is 6. The summed E-state index contributed by atoms with van der Waals surface area (Å²) in [6.45, 7) is 1.79. The lowest BCUT2D eigenvalue weighted by molar-refractivity contribution is -0.142. The molecule has 1 aromatic carbocycles. The average Bonchev–Trinajstić information content (AvgIpc) is 3.49. The van der Waals surface area contributed by atoms with E-state index >= 15 is 0 Å². The third-order valence-corrected chi connectivity index (χ3v) is 6.89. The zero-order valence-corrected chi connectivity index (χ0v) is 20.8. The van der Waals surface area contributed by atoms with Crippen LogP contribution >= 0.6 is 11.8 Å². The van der Waals surface area contributed by atoms with Gasteiger partial charge in [-0.2, -0.15) is 11.8 Å². The van der Waals surface area contributed by atoms with Crippen molar-refractivity contribution in [2.75, 3.05) is 18.6 Å². The van der Waals surface area contributed by atoms with E-state index in [1.54, 1.807) is 18.0 Å². The van der Waals surface area contributed by atoms with Crippen molar-refractivity contribution in [3.63, 3.8) is 0 Å². The SMILES string of the molecule is CSCCC(N)C(=O)N1CCCC1C(=O)NC(Cc1c[nH]c2ccccc12)C(=O)NC(C)C(=O)O. The number of para-hydroxylation sites is 1. The third kappa shape index (κ3) is 6.55. The summed E-state index contributed by atoms with van der Waals surface area (Å²) >= 11 is 1.60. The van der Waals surface area contributed by atoms with Crippen LogP contribution in [-0.2, 0) is 25.6 Å². The Kier molecular flexibility index (Phi) is 9.16. The number of thioether (sulfide) groups is 1. The second-order valence-electron chi connectivity index (χ2n) is 8.77. The molecule has 1 aromatic heterocycles. The Morgan fingerprint density at radius 3 is 2.71 bits per heavy atom. The minimum atomic E-state index is -1.18. The monoisotopic (exact) mass is 503 g/mol. The van der Waals surface area contributed by atoms with Gasteiger partial charge in [0.05, 0.1) is 6.04 Å². The fraction of sp³-hybridized carbons (Fsp3) is 0.500. The highest BCUT2D eigenvalue weighted by molar-refractivity contribution is 7.98. The smallest absolute Gasteiger partial charge is 0.325 e. The number of aromatic nitrogens is 1. The lowest BCUT2D eigenvalue weighted by Gasteiger charge is -2.28. The van der Waals surface area contributed by atoms with E-state index in [-0.39, 0.29) is 12.3 Å². The van der Waals surface area contributed by atoms with Crippen LogP contribution in [0, 0.1) is 0 Å². The third-order valence-electron chi connectivity index (χ3n) is 6.25. The maximum Gasteiger partial charge on any atom is 0.325 e. The number of aromatic amines is 1. The Hall–Kier alpha value is -3.05. The molecule has 6 N–H and O–H groups in total. The number of H-pyrrole nitrogens is 1. The van der Waals surface area contributed by atoms with Gasteiger partial charge >= 0.3 is 5.97 Å². The summed E-state index contributed by atoms with van der Waals surface area (Å²) < 4.78 is 0. The molecule has 2 heterocycles. The molecule has 35 heavy (non-hydrogen) atoms. The van der Waals surface area contributed by atoms with Crippen LogP contribution in [0.25, 0.3) is 10.9 Å². The number of carbonyl (C=O) groups excluding carboxylic acids is 3. The van der Waals surface area contributed by atoms with Gasteiger partial charge in [0.15, 0.2) is 0 Å². The van der Waals surface area contributed by atoms with Crippen LogP contribution in [0.2, 0.25) is 0 Å². The van der Waals surface area contributed by atoms with Crippen LogP contribution < -0.4 is 16.4 Å². The topological polar surface area (TPSA) is 158 Å². The second-order valence-corrected chi connectivity index (χ2v) is 9.76. The standard InChI is InChI=1S/C24H33N5O5S/c1-14(24(33)34)27-21(30)19(12-15-13-26-18-7-4-3-6-16(15)18)28-22(31)20-8-5-10-29(20)23(32)17(25)9-11-35-2/h3-4,6-7,13-14,17,19-20,26H,5,8-12,25H2,1-2H3,(H,27,30)(H,28,31)(H,33,34). The molecule has 0 radical (unpaired) electrons. The molecule has 3 amide bonds. The number of nitrogens with one attached hydrogen (secondary N) is 3. The van der Waals surface area contributed by atoms with E-state index in [1.807, 2.05) is 30.5 Å². The average molecular weight is 504 g/mol. The van der Waals surface area contributed by atoms with Gasteiger partial charge in [-0.1, -0.05) is 18.2 Å². The van der Waals surface area contributed by atoms with Gasteiger partial charge in [0, 0.05) is 30.1 Å². The zero-order valence-electron chi connectivity index (χ0n) is 20.0. The molecule has 1 fully saturated rings. The van der Waals surface area contributed by atoms with Gasteiger partial charge < -0.3 is 31.4 Å². The number of benzene rings is 1. The predicted molar refractivity (Wildman–Crippen MR) is 135 cm³/mol. The lowest BCUT2D eigenvalue weighted by Crippen LogP contribution is -2.57. The number of nitrogens with two attached hydrogens (primary N) is 1. The lowest BCUT2D eigenvalue weighted by atomic mass is 10.0. The van der Waals surface area contributed by atoms with Crippen molar-refractivity contribution in [3.8, 4) is 0 Å². The molecule has 10 nitrogen and oxygen atoms in total. The van der Waals surface area contributed by atoms with Gasteiger partial charge in [-0.3, -0.25) is 19.2 Å². The van der Waals surface area contributed by atoms with Crippen molar-refractivity contribution < 1.29 is 24.3 Å². The number of aliphatic carboxylic acids is 1. The van der Waals surface area contributed by atoms with Crippen LogP contribution in [0.3, 0.4) is 0 Å². The second kappa shape index (κ2) is 12.1. The first-order chi connectivity index (χ1) is 16.7. The van der Waals surface area contributed by atoms with Crippen molar-refractivity contribution in [1.29, 1.82) is 0 Å². The van der Waals surface area contributed by atoms with Gasteiger partial charge in [0.2, 0.25) is 17.7 Å². The Morgan fingerprint density at radius 2 is 2.00 bits per heavy atom. The summed E-state index contributed by atoms with van der Waals surface area (Å²) in [7, 11) is 0. The summed E-state index contributed by atoms with van der Waals surface area (Å²) in [5.41, 5.74) is 7.76. The minimum Gasteiger partial charge on any atom is -0.480 e. The number of fused-ring (bicyclic) bond motifs is 1. The first-order valence-corrected chi connectivity index (χ1v) is 13.1. The number of carbonyl (C=O) groups is 4. The Balaban J connectivity index is 1.78. The van der Waals surface area contributed by atoms with E-state index in [9.17, 15) is 24.3 Å². The molecule has 0 aliphatic carbocycles. The molecule has 4 atom stereocenters. The first-order valence-electron chi connectivity index (χ1n) is 11.7. The number of carboxylic acid groups (broad SMARTS) is 1. The van der Waals surface area contributed by atoms with Crippen molar-refractivity contribution in [1.82, 2.24) is 20.5 Å². The van der Waals surface area contributed by atoms with E-state index in [4.69, 9.17) is 5.73 Å². The number of rotatable bonds is 11. The van der Waals surface area contributed by atoms with Crippen molar-refractivity contribution in [2.24, 2.45) is 5.73 Å². The van der Waals surface area contributed by atoms with Crippen LogP contribution in [-0.4, -0.2) is 81.4 Å². The molecule has 0 bridgehead atoms. The quantitative estimate of drug-likeness (QED) is 0.304. The Morgan fingerprint density at radius 1 is 1.26 bits per heavy atom. The van der Waals surface area contributed by atoms with Crippen LogP contribution in [0.1, 0.15) is 31.7 Å². The van der Waals surface area contributed by atoms with Crippen molar-refractivity contribution in [2.45, 2.75) is 56.8 Å². The highest BCUT2D eigenvalue weighted by Crippen LogP contribution is 2.21. The molecular formula is C24H33N5O5S. The highest BCUT2D eigenvalue weighted by Gasteiger charge is 2.37. The van der Waals surface area contributed by atoms with E-state index < -0.39 is 42.0 Å². The summed E-state index contributed by atoms with van der Waals surface area (Å²) in [6.07, 6.45) is 5.51. The van der Waals surface area contributed by atoms with E-state index in [2.05, 4.69) is 15.6 Å². The summed E-state index contributed by atoms with van der Waals surface area (Å²) in [5.74, 6) is -1.76.